The molecule has 0 saturated carbocycles. The molecule has 0 aliphatic carbocycles. The normalized spacial score (nSPS) is 13.8. The van der Waals surface area contributed by atoms with E-state index in [0.717, 1.165) is 22.6 Å². The zero-order valence-corrected chi connectivity index (χ0v) is 31.6. The van der Waals surface area contributed by atoms with E-state index in [0.29, 0.717) is 93.4 Å². The minimum absolute atomic E-state index is 0.0210. The first kappa shape index (κ1) is 40.6. The highest BCUT2D eigenvalue weighted by molar-refractivity contribution is 6.26. The number of amides is 4. The van der Waals surface area contributed by atoms with Crippen LogP contribution in [-0.2, 0) is 14.2 Å². The minimum atomic E-state index is -0.286. The molecule has 6 rings (SSSR count). The van der Waals surface area contributed by atoms with E-state index in [2.05, 4.69) is 9.80 Å². The standard InChI is InChI=1S/C40H46N4O8.C2H6/c1-41(17-19-43-37(46)31-11-2-7-29-8-3-12-32(35(29)31)38(43)47)15-6-16-42(21-23-50-25-27-52-28-26-51-24-22-45)18-20-44-39(48)33-13-4-9-30-10-5-14-34(36(30)33)40(44)49;1-2/h2-5,7-14,45H,6,15-28H2,1H3;1-2H3. The lowest BCUT2D eigenvalue weighted by Gasteiger charge is -2.31. The van der Waals surface area contributed by atoms with Gasteiger partial charge >= 0.3 is 0 Å². The Kier molecular flexibility index (Phi) is 15.2. The summed E-state index contributed by atoms with van der Waals surface area (Å²) in [7, 11) is 1.97. The van der Waals surface area contributed by atoms with Crippen LogP contribution in [0.2, 0.25) is 0 Å². The number of benzene rings is 4. The number of ether oxygens (including phenoxy) is 3. The van der Waals surface area contributed by atoms with Crippen molar-refractivity contribution < 1.29 is 38.5 Å². The third kappa shape index (κ3) is 9.56. The van der Waals surface area contributed by atoms with Gasteiger partial charge in [-0.2, -0.15) is 0 Å². The molecule has 54 heavy (non-hydrogen) atoms. The third-order valence-corrected chi connectivity index (χ3v) is 9.60. The largest absolute Gasteiger partial charge is 0.394 e. The van der Waals surface area contributed by atoms with Gasteiger partial charge in [0.25, 0.3) is 23.6 Å². The molecular weight excluding hydrogens is 688 g/mol. The van der Waals surface area contributed by atoms with E-state index in [1.165, 1.54) is 9.80 Å². The fourth-order valence-corrected chi connectivity index (χ4v) is 6.89. The predicted molar refractivity (Wildman–Crippen MR) is 208 cm³/mol. The average molecular weight is 741 g/mol. The average Bonchev–Trinajstić information content (AvgIpc) is 3.20. The highest BCUT2D eigenvalue weighted by Crippen LogP contribution is 2.31. The highest BCUT2D eigenvalue weighted by atomic mass is 16.5. The summed E-state index contributed by atoms with van der Waals surface area (Å²) in [6.45, 7) is 9.85. The Morgan fingerprint density at radius 1 is 0.519 bits per heavy atom. The summed E-state index contributed by atoms with van der Waals surface area (Å²) >= 11 is 0. The van der Waals surface area contributed by atoms with Crippen LogP contribution in [0, 0.1) is 0 Å². The van der Waals surface area contributed by atoms with Gasteiger partial charge in [-0.3, -0.25) is 33.9 Å². The van der Waals surface area contributed by atoms with E-state index in [4.69, 9.17) is 19.3 Å². The molecule has 0 spiro atoms. The van der Waals surface area contributed by atoms with Crippen molar-refractivity contribution in [3.63, 3.8) is 0 Å². The van der Waals surface area contributed by atoms with E-state index in [9.17, 15) is 19.2 Å². The molecule has 0 saturated heterocycles. The van der Waals surface area contributed by atoms with E-state index in [-0.39, 0.29) is 49.9 Å². The second kappa shape index (κ2) is 20.2. The van der Waals surface area contributed by atoms with Crippen LogP contribution in [0.4, 0.5) is 0 Å². The summed E-state index contributed by atoms with van der Waals surface area (Å²) in [6.07, 6.45) is 0.779. The summed E-state index contributed by atoms with van der Waals surface area (Å²) in [6, 6.07) is 22.1. The Labute approximate surface area is 317 Å². The second-order valence-electron chi connectivity index (χ2n) is 13.0. The van der Waals surface area contributed by atoms with E-state index >= 15 is 0 Å². The summed E-state index contributed by atoms with van der Waals surface area (Å²) in [5.41, 5.74) is 2.18. The number of carbonyl (C=O) groups is 4. The van der Waals surface area contributed by atoms with Crippen LogP contribution < -0.4 is 0 Å². The first-order valence-electron chi connectivity index (χ1n) is 18.9. The molecule has 2 heterocycles. The van der Waals surface area contributed by atoms with Crippen LogP contribution in [0.3, 0.4) is 0 Å². The van der Waals surface area contributed by atoms with Gasteiger partial charge in [-0.15, -0.1) is 0 Å². The topological polar surface area (TPSA) is 129 Å². The predicted octanol–water partition coefficient (Wildman–Crippen LogP) is 4.58. The molecule has 12 heteroatoms. The molecule has 4 aromatic rings. The fraction of sp³-hybridized carbons (Fsp3) is 0.429. The molecule has 0 atom stereocenters. The Hall–Kier alpha value is -4.56. The molecule has 0 bridgehead atoms. The zero-order chi connectivity index (χ0) is 38.5. The smallest absolute Gasteiger partial charge is 0.261 e. The van der Waals surface area contributed by atoms with Crippen LogP contribution in [0.15, 0.2) is 72.8 Å². The first-order valence-corrected chi connectivity index (χ1v) is 18.9. The molecule has 0 radical (unpaired) electrons. The molecule has 12 nitrogen and oxygen atoms in total. The third-order valence-electron chi connectivity index (χ3n) is 9.60. The summed E-state index contributed by atoms with van der Waals surface area (Å²) in [5, 5.41) is 12.0. The second-order valence-corrected chi connectivity index (χ2v) is 13.0. The number of nitrogens with zero attached hydrogens (tertiary/aromatic N) is 4. The quantitative estimate of drug-likeness (QED) is 0.0958. The SMILES string of the molecule is CC.CN(CCCN(CCOCCOCCOCCO)CCN1C(=O)c2cccc3cccc(c23)C1=O)CCN1C(=O)c2cccc3cccc(c23)C1=O. The van der Waals surface area contributed by atoms with Gasteiger partial charge in [0.05, 0.1) is 46.2 Å². The molecule has 1 N–H and O–H groups in total. The van der Waals surface area contributed by atoms with Crippen molar-refractivity contribution in [2.75, 3.05) is 99.1 Å². The Bertz CT molecular complexity index is 1810. The molecule has 2 aliphatic heterocycles. The van der Waals surface area contributed by atoms with Gasteiger partial charge in [0.15, 0.2) is 0 Å². The van der Waals surface area contributed by atoms with E-state index in [1.807, 2.05) is 69.4 Å². The van der Waals surface area contributed by atoms with Crippen molar-refractivity contribution in [3.8, 4) is 0 Å². The maximum atomic E-state index is 13.5. The molecular formula is C42H52N4O8. The number of aliphatic hydroxyl groups is 1. The zero-order valence-electron chi connectivity index (χ0n) is 31.6. The van der Waals surface area contributed by atoms with Gasteiger partial charge in [0.1, 0.15) is 0 Å². The number of carbonyl (C=O) groups excluding carboxylic acids is 4. The monoisotopic (exact) mass is 740 g/mol. The van der Waals surface area contributed by atoms with Crippen molar-refractivity contribution in [1.82, 2.24) is 19.6 Å². The van der Waals surface area contributed by atoms with E-state index in [1.54, 1.807) is 24.3 Å². The van der Waals surface area contributed by atoms with Gasteiger partial charge in [-0.05, 0) is 61.6 Å². The van der Waals surface area contributed by atoms with Crippen molar-refractivity contribution >= 4 is 45.2 Å². The molecule has 288 valence electrons. The lowest BCUT2D eigenvalue weighted by molar-refractivity contribution is 0.00425. The summed E-state index contributed by atoms with van der Waals surface area (Å²) in [5.74, 6) is -1.11. The number of likely N-dealkylation sites (N-methyl/N-ethyl adjacent to an activating group) is 1. The lowest BCUT2D eigenvalue weighted by atomic mass is 9.94. The van der Waals surface area contributed by atoms with Gasteiger partial charge in [0, 0.05) is 65.8 Å². The van der Waals surface area contributed by atoms with Crippen LogP contribution in [0.25, 0.3) is 21.5 Å². The van der Waals surface area contributed by atoms with Crippen molar-refractivity contribution in [1.29, 1.82) is 0 Å². The number of hydrogen-bond acceptors (Lipinski definition) is 10. The van der Waals surface area contributed by atoms with Gasteiger partial charge in [-0.25, -0.2) is 0 Å². The minimum Gasteiger partial charge on any atom is -0.394 e. The molecule has 0 fully saturated rings. The number of hydrogen-bond donors (Lipinski definition) is 1. The molecule has 0 aromatic heterocycles. The molecule has 0 unspecified atom stereocenters. The van der Waals surface area contributed by atoms with Crippen molar-refractivity contribution in [2.45, 2.75) is 20.3 Å². The van der Waals surface area contributed by atoms with Gasteiger partial charge in [0.2, 0.25) is 0 Å². The Balaban J connectivity index is 0.00000276. The number of aliphatic hydroxyl groups excluding tert-OH is 1. The maximum Gasteiger partial charge on any atom is 0.261 e. The van der Waals surface area contributed by atoms with Gasteiger partial charge in [-0.1, -0.05) is 62.4 Å². The molecule has 4 amide bonds. The summed E-state index contributed by atoms with van der Waals surface area (Å²) < 4.78 is 16.5. The van der Waals surface area contributed by atoms with Crippen LogP contribution >= 0.6 is 0 Å². The van der Waals surface area contributed by atoms with Crippen LogP contribution in [-0.4, -0.2) is 147 Å². The fourth-order valence-electron chi connectivity index (χ4n) is 6.89. The van der Waals surface area contributed by atoms with Crippen molar-refractivity contribution in [2.24, 2.45) is 0 Å². The molecule has 2 aliphatic rings. The van der Waals surface area contributed by atoms with Crippen LogP contribution in [0.5, 0.6) is 0 Å². The van der Waals surface area contributed by atoms with Crippen molar-refractivity contribution in [3.05, 3.63) is 95.1 Å². The Morgan fingerprint density at radius 2 is 0.926 bits per heavy atom. The summed E-state index contributed by atoms with van der Waals surface area (Å²) in [4.78, 5) is 60.7. The van der Waals surface area contributed by atoms with Gasteiger partial charge < -0.3 is 24.2 Å². The molecule has 4 aromatic carbocycles. The Morgan fingerprint density at radius 3 is 1.37 bits per heavy atom. The van der Waals surface area contributed by atoms with Crippen LogP contribution in [0.1, 0.15) is 61.7 Å². The maximum absolute atomic E-state index is 13.5. The number of imide groups is 2. The lowest BCUT2D eigenvalue weighted by Crippen LogP contribution is -2.45. The number of rotatable bonds is 21. The highest BCUT2D eigenvalue weighted by Gasteiger charge is 2.34. The first-order chi connectivity index (χ1) is 26.4. The van der Waals surface area contributed by atoms with E-state index < -0.39 is 0 Å².